The molecule has 2 unspecified atom stereocenters. The van der Waals surface area contributed by atoms with Crippen LogP contribution < -0.4 is 10.2 Å². The molecule has 3 heteroatoms. The number of halogens is 1. The Morgan fingerprint density at radius 1 is 1.42 bits per heavy atom. The summed E-state index contributed by atoms with van der Waals surface area (Å²) < 4.78 is 13.8. The summed E-state index contributed by atoms with van der Waals surface area (Å²) in [6.45, 7) is 10.5. The topological polar surface area (TPSA) is 15.3 Å². The molecule has 2 atom stereocenters. The van der Waals surface area contributed by atoms with Crippen molar-refractivity contribution >= 4 is 5.69 Å². The molecule has 0 radical (unpaired) electrons. The largest absolute Gasteiger partial charge is 0.365 e. The predicted molar refractivity (Wildman–Crippen MR) is 79.2 cm³/mol. The van der Waals surface area contributed by atoms with Crippen LogP contribution in [0.1, 0.15) is 32.8 Å². The van der Waals surface area contributed by atoms with Gasteiger partial charge in [-0.05, 0) is 31.4 Å². The highest BCUT2D eigenvalue weighted by Crippen LogP contribution is 2.27. The smallest absolute Gasteiger partial charge is 0.128 e. The average molecular weight is 264 g/mol. The Morgan fingerprint density at radius 3 is 2.79 bits per heavy atom. The zero-order valence-electron chi connectivity index (χ0n) is 12.4. The van der Waals surface area contributed by atoms with Crippen LogP contribution in [-0.2, 0) is 0 Å². The quantitative estimate of drug-likeness (QED) is 0.900. The minimum Gasteiger partial charge on any atom is -0.365 e. The summed E-state index contributed by atoms with van der Waals surface area (Å²) in [6, 6.07) is 6.34. The van der Waals surface area contributed by atoms with Gasteiger partial charge in [-0.1, -0.05) is 26.8 Å². The Labute approximate surface area is 116 Å². The third-order valence-electron chi connectivity index (χ3n) is 4.27. The number of benzene rings is 1. The van der Waals surface area contributed by atoms with E-state index >= 15 is 0 Å². The van der Waals surface area contributed by atoms with Gasteiger partial charge in [0.15, 0.2) is 0 Å². The number of hydrogen-bond donors (Lipinski definition) is 1. The van der Waals surface area contributed by atoms with Gasteiger partial charge in [0.05, 0.1) is 0 Å². The fraction of sp³-hybridized carbons (Fsp3) is 0.625. The van der Waals surface area contributed by atoms with Crippen LogP contribution in [0.4, 0.5) is 10.1 Å². The van der Waals surface area contributed by atoms with Gasteiger partial charge in [-0.15, -0.1) is 0 Å². The summed E-state index contributed by atoms with van der Waals surface area (Å²) in [5, 5.41) is 3.62. The lowest BCUT2D eigenvalue weighted by Crippen LogP contribution is -2.58. The van der Waals surface area contributed by atoms with E-state index in [0.29, 0.717) is 18.0 Å². The second kappa shape index (κ2) is 5.91. The first-order valence-corrected chi connectivity index (χ1v) is 7.29. The first-order chi connectivity index (χ1) is 9.04. The van der Waals surface area contributed by atoms with Crippen LogP contribution in [0.15, 0.2) is 18.2 Å². The zero-order chi connectivity index (χ0) is 14.0. The number of nitrogens with one attached hydrogen (secondary N) is 1. The van der Waals surface area contributed by atoms with Crippen molar-refractivity contribution in [2.45, 2.75) is 46.2 Å². The van der Waals surface area contributed by atoms with Gasteiger partial charge in [-0.25, -0.2) is 4.39 Å². The molecule has 1 N–H and O–H groups in total. The fourth-order valence-electron chi connectivity index (χ4n) is 2.84. The van der Waals surface area contributed by atoms with Crippen LogP contribution in [0.25, 0.3) is 0 Å². The Morgan fingerprint density at radius 2 is 2.16 bits per heavy atom. The molecule has 0 spiro atoms. The molecule has 1 fully saturated rings. The predicted octanol–water partition coefficient (Wildman–Crippen LogP) is 3.35. The van der Waals surface area contributed by atoms with Crippen molar-refractivity contribution in [1.82, 2.24) is 5.32 Å². The maximum absolute atomic E-state index is 13.8. The number of nitrogens with zero attached hydrogens (tertiary/aromatic N) is 1. The standard InChI is InChI=1S/C16H25FN2/c1-5-13-9-18-15(11(2)3)10-19(13)16-8-6-7-14(17)12(16)4/h6-8,11,13,15,18H,5,9-10H2,1-4H3. The van der Waals surface area contributed by atoms with Crippen molar-refractivity contribution in [3.63, 3.8) is 0 Å². The van der Waals surface area contributed by atoms with E-state index in [2.05, 4.69) is 31.0 Å². The van der Waals surface area contributed by atoms with E-state index in [-0.39, 0.29) is 5.82 Å². The van der Waals surface area contributed by atoms with E-state index in [0.717, 1.165) is 30.8 Å². The molecule has 0 saturated carbocycles. The minimum atomic E-state index is -0.105. The Kier molecular flexibility index (Phi) is 4.46. The van der Waals surface area contributed by atoms with Gasteiger partial charge in [0.25, 0.3) is 0 Å². The summed E-state index contributed by atoms with van der Waals surface area (Å²) in [4.78, 5) is 2.39. The molecule has 0 amide bonds. The van der Waals surface area contributed by atoms with E-state index in [1.54, 1.807) is 6.07 Å². The summed E-state index contributed by atoms with van der Waals surface area (Å²) in [6.07, 6.45) is 1.08. The van der Waals surface area contributed by atoms with E-state index < -0.39 is 0 Å². The summed E-state index contributed by atoms with van der Waals surface area (Å²) in [7, 11) is 0. The summed E-state index contributed by atoms with van der Waals surface area (Å²) in [5.74, 6) is 0.487. The van der Waals surface area contributed by atoms with Crippen LogP contribution in [0, 0.1) is 18.7 Å². The van der Waals surface area contributed by atoms with Gasteiger partial charge in [-0.3, -0.25) is 0 Å². The molecule has 19 heavy (non-hydrogen) atoms. The molecule has 2 rings (SSSR count). The van der Waals surface area contributed by atoms with Crippen LogP contribution >= 0.6 is 0 Å². The highest BCUT2D eigenvalue weighted by molar-refractivity contribution is 5.55. The first kappa shape index (κ1) is 14.3. The molecule has 0 aromatic heterocycles. The Bertz CT molecular complexity index is 431. The average Bonchev–Trinajstić information content (AvgIpc) is 2.41. The van der Waals surface area contributed by atoms with Gasteiger partial charge in [-0.2, -0.15) is 0 Å². The van der Waals surface area contributed by atoms with Crippen molar-refractivity contribution in [3.8, 4) is 0 Å². The molecule has 1 aromatic rings. The lowest BCUT2D eigenvalue weighted by Gasteiger charge is -2.43. The van der Waals surface area contributed by atoms with Crippen molar-refractivity contribution < 1.29 is 4.39 Å². The van der Waals surface area contributed by atoms with Crippen LogP contribution in [0.5, 0.6) is 0 Å². The van der Waals surface area contributed by atoms with Gasteiger partial charge < -0.3 is 10.2 Å². The third kappa shape index (κ3) is 2.92. The van der Waals surface area contributed by atoms with E-state index in [1.807, 2.05) is 19.1 Å². The fourth-order valence-corrected chi connectivity index (χ4v) is 2.84. The highest BCUT2D eigenvalue weighted by Gasteiger charge is 2.29. The molecule has 1 aliphatic heterocycles. The SMILES string of the molecule is CCC1CNC(C(C)C)CN1c1cccc(F)c1C. The van der Waals surface area contributed by atoms with Crippen molar-refractivity contribution in [1.29, 1.82) is 0 Å². The second-order valence-corrected chi connectivity index (χ2v) is 5.86. The molecule has 1 aromatic carbocycles. The van der Waals surface area contributed by atoms with Gasteiger partial charge in [0, 0.05) is 36.4 Å². The van der Waals surface area contributed by atoms with Crippen LogP contribution in [0.3, 0.4) is 0 Å². The van der Waals surface area contributed by atoms with Crippen LogP contribution in [0.2, 0.25) is 0 Å². The van der Waals surface area contributed by atoms with Crippen LogP contribution in [-0.4, -0.2) is 25.2 Å². The number of anilines is 1. The molecule has 106 valence electrons. The lowest BCUT2D eigenvalue weighted by molar-refractivity contribution is 0.324. The van der Waals surface area contributed by atoms with E-state index in [9.17, 15) is 4.39 Å². The van der Waals surface area contributed by atoms with E-state index in [4.69, 9.17) is 0 Å². The maximum Gasteiger partial charge on any atom is 0.128 e. The number of hydrogen-bond acceptors (Lipinski definition) is 2. The van der Waals surface area contributed by atoms with Crippen molar-refractivity contribution in [2.75, 3.05) is 18.0 Å². The molecule has 1 aliphatic rings. The molecule has 2 nitrogen and oxygen atoms in total. The number of piperazine rings is 1. The monoisotopic (exact) mass is 264 g/mol. The van der Waals surface area contributed by atoms with Crippen molar-refractivity contribution in [2.24, 2.45) is 5.92 Å². The van der Waals surface area contributed by atoms with Gasteiger partial charge in [0.2, 0.25) is 0 Å². The lowest BCUT2D eigenvalue weighted by atomic mass is 9.97. The zero-order valence-corrected chi connectivity index (χ0v) is 12.4. The maximum atomic E-state index is 13.8. The summed E-state index contributed by atoms with van der Waals surface area (Å²) >= 11 is 0. The second-order valence-electron chi connectivity index (χ2n) is 5.86. The third-order valence-corrected chi connectivity index (χ3v) is 4.27. The van der Waals surface area contributed by atoms with Crippen molar-refractivity contribution in [3.05, 3.63) is 29.6 Å². The molecule has 1 saturated heterocycles. The molecule has 0 aliphatic carbocycles. The Balaban J connectivity index is 2.30. The Hall–Kier alpha value is -1.09. The molecule has 0 bridgehead atoms. The number of rotatable bonds is 3. The van der Waals surface area contributed by atoms with Gasteiger partial charge in [0.1, 0.15) is 5.82 Å². The minimum absolute atomic E-state index is 0.105. The first-order valence-electron chi connectivity index (χ1n) is 7.29. The normalized spacial score (nSPS) is 24.0. The molecule has 1 heterocycles. The highest BCUT2D eigenvalue weighted by atomic mass is 19.1. The molecular weight excluding hydrogens is 239 g/mol. The van der Waals surface area contributed by atoms with Gasteiger partial charge >= 0.3 is 0 Å². The van der Waals surface area contributed by atoms with E-state index in [1.165, 1.54) is 0 Å². The molecular formula is C16H25FN2. The summed E-state index contributed by atoms with van der Waals surface area (Å²) in [5.41, 5.74) is 1.82.